The number of carbonyl (C=O) groups excluding carboxylic acids is 1. The van der Waals surface area contributed by atoms with Gasteiger partial charge in [0.15, 0.2) is 0 Å². The first-order valence-corrected chi connectivity index (χ1v) is 7.00. The SMILES string of the molecule is CCOC(=O)Cc1c(C)[nH]c(-c2ccccc2)c1Br. The summed E-state index contributed by atoms with van der Waals surface area (Å²) in [5.74, 6) is -0.204. The number of aromatic nitrogens is 1. The summed E-state index contributed by atoms with van der Waals surface area (Å²) in [5, 5.41) is 0. The van der Waals surface area contributed by atoms with Gasteiger partial charge in [0.2, 0.25) is 0 Å². The molecule has 0 atom stereocenters. The van der Waals surface area contributed by atoms with Crippen molar-refractivity contribution in [1.82, 2.24) is 4.98 Å². The summed E-state index contributed by atoms with van der Waals surface area (Å²) >= 11 is 3.58. The standard InChI is InChI=1S/C15H16BrNO2/c1-3-19-13(18)9-12-10(2)17-15(14(12)16)11-7-5-4-6-8-11/h4-8,17H,3,9H2,1-2H3. The number of H-pyrrole nitrogens is 1. The highest BCUT2D eigenvalue weighted by molar-refractivity contribution is 9.10. The van der Waals surface area contributed by atoms with Crippen LogP contribution in [0.15, 0.2) is 34.8 Å². The van der Waals surface area contributed by atoms with Crippen LogP contribution in [0.1, 0.15) is 18.2 Å². The number of benzene rings is 1. The number of aryl methyl sites for hydroxylation is 1. The normalized spacial score (nSPS) is 10.5. The van der Waals surface area contributed by atoms with E-state index in [4.69, 9.17) is 4.74 Å². The Morgan fingerprint density at radius 2 is 2.00 bits per heavy atom. The summed E-state index contributed by atoms with van der Waals surface area (Å²) in [7, 11) is 0. The molecule has 0 aliphatic heterocycles. The first-order valence-electron chi connectivity index (χ1n) is 6.21. The lowest BCUT2D eigenvalue weighted by Crippen LogP contribution is -2.08. The van der Waals surface area contributed by atoms with Crippen molar-refractivity contribution < 1.29 is 9.53 Å². The molecule has 0 radical (unpaired) electrons. The average molecular weight is 322 g/mol. The predicted molar refractivity (Wildman–Crippen MR) is 79.0 cm³/mol. The molecule has 4 heteroatoms. The Kier molecular flexibility index (Phi) is 4.43. The molecular formula is C15H16BrNO2. The van der Waals surface area contributed by atoms with Crippen LogP contribution in [0.4, 0.5) is 0 Å². The number of hydrogen-bond donors (Lipinski definition) is 1. The maximum Gasteiger partial charge on any atom is 0.310 e. The fourth-order valence-corrected chi connectivity index (χ4v) is 2.77. The van der Waals surface area contributed by atoms with E-state index < -0.39 is 0 Å². The van der Waals surface area contributed by atoms with E-state index in [0.29, 0.717) is 6.61 Å². The van der Waals surface area contributed by atoms with E-state index in [2.05, 4.69) is 20.9 Å². The van der Waals surface area contributed by atoms with Gasteiger partial charge in [-0.05, 0) is 40.9 Å². The summed E-state index contributed by atoms with van der Waals surface area (Å²) < 4.78 is 5.93. The Bertz CT molecular complexity index is 575. The van der Waals surface area contributed by atoms with Crippen LogP contribution >= 0.6 is 15.9 Å². The maximum absolute atomic E-state index is 11.6. The Labute approximate surface area is 121 Å². The minimum absolute atomic E-state index is 0.204. The average Bonchev–Trinajstić information content (AvgIpc) is 2.68. The number of ether oxygens (including phenoxy) is 1. The number of nitrogens with one attached hydrogen (secondary N) is 1. The van der Waals surface area contributed by atoms with Gasteiger partial charge in [-0.2, -0.15) is 0 Å². The van der Waals surface area contributed by atoms with Gasteiger partial charge in [-0.3, -0.25) is 4.79 Å². The van der Waals surface area contributed by atoms with Crippen LogP contribution in [0.2, 0.25) is 0 Å². The van der Waals surface area contributed by atoms with Gasteiger partial charge in [0, 0.05) is 10.2 Å². The molecule has 0 aliphatic rings. The van der Waals surface area contributed by atoms with Crippen LogP contribution in [-0.2, 0) is 16.0 Å². The third-order valence-corrected chi connectivity index (χ3v) is 3.81. The largest absolute Gasteiger partial charge is 0.466 e. The smallest absolute Gasteiger partial charge is 0.310 e. The van der Waals surface area contributed by atoms with E-state index in [1.165, 1.54) is 0 Å². The third kappa shape index (κ3) is 3.07. The van der Waals surface area contributed by atoms with Crippen LogP contribution in [0.3, 0.4) is 0 Å². The van der Waals surface area contributed by atoms with Gasteiger partial charge in [0.05, 0.1) is 18.7 Å². The molecule has 19 heavy (non-hydrogen) atoms. The van der Waals surface area contributed by atoms with E-state index in [9.17, 15) is 4.79 Å². The molecule has 1 heterocycles. The zero-order chi connectivity index (χ0) is 13.8. The molecule has 0 unspecified atom stereocenters. The third-order valence-electron chi connectivity index (χ3n) is 2.94. The van der Waals surface area contributed by atoms with Crippen molar-refractivity contribution in [2.24, 2.45) is 0 Å². The molecule has 100 valence electrons. The molecule has 1 N–H and O–H groups in total. The Balaban J connectivity index is 2.33. The molecule has 0 spiro atoms. The highest BCUT2D eigenvalue weighted by Gasteiger charge is 2.17. The lowest BCUT2D eigenvalue weighted by molar-refractivity contribution is -0.142. The van der Waals surface area contributed by atoms with E-state index in [1.54, 1.807) is 0 Å². The molecule has 3 nitrogen and oxygen atoms in total. The van der Waals surface area contributed by atoms with Crippen LogP contribution < -0.4 is 0 Å². The quantitative estimate of drug-likeness (QED) is 0.869. The van der Waals surface area contributed by atoms with E-state index in [1.807, 2.05) is 44.2 Å². The second kappa shape index (κ2) is 6.06. The summed E-state index contributed by atoms with van der Waals surface area (Å²) in [6, 6.07) is 10.0. The molecule has 0 saturated heterocycles. The number of aromatic amines is 1. The van der Waals surface area contributed by atoms with Crippen LogP contribution in [0, 0.1) is 6.92 Å². The second-order valence-electron chi connectivity index (χ2n) is 4.27. The molecular weight excluding hydrogens is 306 g/mol. The lowest BCUT2D eigenvalue weighted by Gasteiger charge is -2.02. The first kappa shape index (κ1) is 13.9. The summed E-state index contributed by atoms with van der Waals surface area (Å²) in [6.07, 6.45) is 0.281. The second-order valence-corrected chi connectivity index (χ2v) is 5.06. The molecule has 0 saturated carbocycles. The number of halogens is 1. The molecule has 2 aromatic rings. The molecule has 0 bridgehead atoms. The molecule has 0 amide bonds. The Hall–Kier alpha value is -1.55. The van der Waals surface area contributed by atoms with Gasteiger partial charge in [-0.15, -0.1) is 0 Å². The van der Waals surface area contributed by atoms with Crippen molar-refractivity contribution in [3.05, 3.63) is 46.1 Å². The zero-order valence-electron chi connectivity index (χ0n) is 11.0. The van der Waals surface area contributed by atoms with Crippen molar-refractivity contribution in [3.8, 4) is 11.3 Å². The van der Waals surface area contributed by atoms with E-state index in [-0.39, 0.29) is 12.4 Å². The van der Waals surface area contributed by atoms with Gasteiger partial charge >= 0.3 is 5.97 Å². The molecule has 0 fully saturated rings. The maximum atomic E-state index is 11.6. The fourth-order valence-electron chi connectivity index (χ4n) is 2.00. The summed E-state index contributed by atoms with van der Waals surface area (Å²) in [5.41, 5.74) is 4.03. The molecule has 2 rings (SSSR count). The van der Waals surface area contributed by atoms with Gasteiger partial charge in [-0.25, -0.2) is 0 Å². The van der Waals surface area contributed by atoms with Crippen LogP contribution in [-0.4, -0.2) is 17.6 Å². The minimum Gasteiger partial charge on any atom is -0.466 e. The Morgan fingerprint density at radius 3 is 2.63 bits per heavy atom. The van der Waals surface area contributed by atoms with E-state index in [0.717, 1.165) is 27.0 Å². The monoisotopic (exact) mass is 321 g/mol. The van der Waals surface area contributed by atoms with Crippen LogP contribution in [0.25, 0.3) is 11.3 Å². The zero-order valence-corrected chi connectivity index (χ0v) is 12.6. The van der Waals surface area contributed by atoms with Crippen LogP contribution in [0.5, 0.6) is 0 Å². The van der Waals surface area contributed by atoms with Gasteiger partial charge in [0.1, 0.15) is 0 Å². The predicted octanol–water partition coefficient (Wildman–Crippen LogP) is 3.86. The van der Waals surface area contributed by atoms with Gasteiger partial charge < -0.3 is 9.72 Å². The first-order chi connectivity index (χ1) is 9.13. The number of hydrogen-bond acceptors (Lipinski definition) is 2. The molecule has 0 aliphatic carbocycles. The number of rotatable bonds is 4. The Morgan fingerprint density at radius 1 is 1.32 bits per heavy atom. The fraction of sp³-hybridized carbons (Fsp3) is 0.267. The van der Waals surface area contributed by atoms with E-state index >= 15 is 0 Å². The van der Waals surface area contributed by atoms with Crippen molar-refractivity contribution in [3.63, 3.8) is 0 Å². The number of esters is 1. The molecule has 1 aromatic carbocycles. The lowest BCUT2D eigenvalue weighted by atomic mass is 10.1. The summed E-state index contributed by atoms with van der Waals surface area (Å²) in [6.45, 7) is 4.18. The highest BCUT2D eigenvalue weighted by atomic mass is 79.9. The van der Waals surface area contributed by atoms with Crippen molar-refractivity contribution in [2.45, 2.75) is 20.3 Å². The minimum atomic E-state index is -0.204. The summed E-state index contributed by atoms with van der Waals surface area (Å²) in [4.78, 5) is 14.9. The highest BCUT2D eigenvalue weighted by Crippen LogP contribution is 2.33. The van der Waals surface area contributed by atoms with Gasteiger partial charge in [0.25, 0.3) is 0 Å². The topological polar surface area (TPSA) is 42.1 Å². The van der Waals surface area contributed by atoms with Crippen molar-refractivity contribution in [1.29, 1.82) is 0 Å². The van der Waals surface area contributed by atoms with Crippen molar-refractivity contribution >= 4 is 21.9 Å². The number of carbonyl (C=O) groups is 1. The van der Waals surface area contributed by atoms with Crippen molar-refractivity contribution in [2.75, 3.05) is 6.61 Å². The van der Waals surface area contributed by atoms with Gasteiger partial charge in [-0.1, -0.05) is 30.3 Å². The molecule has 1 aromatic heterocycles.